The van der Waals surface area contributed by atoms with Gasteiger partial charge in [-0.15, -0.1) is 0 Å². The fraction of sp³-hybridized carbons (Fsp3) is 0.500. The lowest BCUT2D eigenvalue weighted by Gasteiger charge is -2.00. The Morgan fingerprint density at radius 1 is 1.90 bits per heavy atom. The van der Waals surface area contributed by atoms with Gasteiger partial charge in [0, 0.05) is 0 Å². The fourth-order valence-electron chi connectivity index (χ4n) is 0.308. The molecule has 0 amide bonds. The SMILES string of the molecule is C/C=C/COC(F)C(=O)O. The van der Waals surface area contributed by atoms with E-state index in [2.05, 4.69) is 4.74 Å². The molecule has 3 nitrogen and oxygen atoms in total. The van der Waals surface area contributed by atoms with Crippen molar-refractivity contribution >= 4 is 5.97 Å². The predicted molar refractivity (Wildman–Crippen MR) is 33.3 cm³/mol. The summed E-state index contributed by atoms with van der Waals surface area (Å²) in [4.78, 5) is 9.77. The van der Waals surface area contributed by atoms with Gasteiger partial charge in [-0.1, -0.05) is 12.2 Å². The third kappa shape index (κ3) is 4.03. The monoisotopic (exact) mass is 148 g/mol. The van der Waals surface area contributed by atoms with Crippen molar-refractivity contribution in [3.63, 3.8) is 0 Å². The predicted octanol–water partition coefficient (Wildman–Crippen LogP) is 0.959. The second kappa shape index (κ2) is 4.93. The molecule has 0 aromatic carbocycles. The van der Waals surface area contributed by atoms with Crippen molar-refractivity contribution in [1.82, 2.24) is 0 Å². The largest absolute Gasteiger partial charge is 0.477 e. The van der Waals surface area contributed by atoms with E-state index in [9.17, 15) is 9.18 Å². The van der Waals surface area contributed by atoms with Crippen LogP contribution in [0.15, 0.2) is 12.2 Å². The van der Waals surface area contributed by atoms with Gasteiger partial charge in [0.05, 0.1) is 6.61 Å². The number of carboxylic acids is 1. The molecule has 0 spiro atoms. The Hall–Kier alpha value is -0.900. The minimum Gasteiger partial charge on any atom is -0.477 e. The number of rotatable bonds is 4. The number of hydrogen-bond donors (Lipinski definition) is 1. The topological polar surface area (TPSA) is 46.5 Å². The van der Waals surface area contributed by atoms with Crippen LogP contribution in [0.2, 0.25) is 0 Å². The first-order chi connectivity index (χ1) is 4.68. The van der Waals surface area contributed by atoms with Gasteiger partial charge in [-0.2, -0.15) is 0 Å². The van der Waals surface area contributed by atoms with Crippen molar-refractivity contribution < 1.29 is 19.0 Å². The average molecular weight is 148 g/mol. The van der Waals surface area contributed by atoms with E-state index in [1.807, 2.05) is 0 Å². The zero-order chi connectivity index (χ0) is 7.98. The van der Waals surface area contributed by atoms with E-state index < -0.39 is 12.3 Å². The highest BCUT2D eigenvalue weighted by Gasteiger charge is 2.13. The summed E-state index contributed by atoms with van der Waals surface area (Å²) >= 11 is 0. The average Bonchev–Trinajstić information content (AvgIpc) is 1.88. The zero-order valence-corrected chi connectivity index (χ0v) is 5.58. The van der Waals surface area contributed by atoms with Crippen LogP contribution in [0.4, 0.5) is 4.39 Å². The van der Waals surface area contributed by atoms with Crippen LogP contribution >= 0.6 is 0 Å². The fourth-order valence-corrected chi connectivity index (χ4v) is 0.308. The second-order valence-corrected chi connectivity index (χ2v) is 1.56. The first-order valence-electron chi connectivity index (χ1n) is 2.78. The number of carbonyl (C=O) groups is 1. The standard InChI is InChI=1S/C6H9FO3/c1-2-3-4-10-5(7)6(8)9/h2-3,5H,4H2,1H3,(H,8,9)/b3-2+. The van der Waals surface area contributed by atoms with Crippen LogP contribution in [-0.2, 0) is 9.53 Å². The molecule has 0 fully saturated rings. The number of ether oxygens (including phenoxy) is 1. The van der Waals surface area contributed by atoms with Gasteiger partial charge in [0.1, 0.15) is 0 Å². The van der Waals surface area contributed by atoms with E-state index >= 15 is 0 Å². The highest BCUT2D eigenvalue weighted by Crippen LogP contribution is 1.92. The maximum Gasteiger partial charge on any atom is 0.366 e. The van der Waals surface area contributed by atoms with Crippen LogP contribution in [0.1, 0.15) is 6.92 Å². The molecule has 4 heteroatoms. The Morgan fingerprint density at radius 3 is 2.90 bits per heavy atom. The molecular formula is C6H9FO3. The molecule has 0 aliphatic rings. The quantitative estimate of drug-likeness (QED) is 0.604. The van der Waals surface area contributed by atoms with E-state index in [0.29, 0.717) is 0 Å². The third-order valence-electron chi connectivity index (χ3n) is 0.769. The first-order valence-corrected chi connectivity index (χ1v) is 2.78. The van der Waals surface area contributed by atoms with Gasteiger partial charge >= 0.3 is 5.97 Å². The van der Waals surface area contributed by atoms with Crippen molar-refractivity contribution in [2.75, 3.05) is 6.61 Å². The Morgan fingerprint density at radius 2 is 2.50 bits per heavy atom. The van der Waals surface area contributed by atoms with Crippen molar-refractivity contribution in [1.29, 1.82) is 0 Å². The molecule has 0 aromatic rings. The summed E-state index contributed by atoms with van der Waals surface area (Å²) in [7, 11) is 0. The van der Waals surface area contributed by atoms with Gasteiger partial charge in [-0.3, -0.25) is 0 Å². The number of aliphatic carboxylic acids is 1. The molecular weight excluding hydrogens is 139 g/mol. The molecule has 1 N–H and O–H groups in total. The molecule has 0 aliphatic carbocycles. The molecule has 0 saturated heterocycles. The molecule has 0 bridgehead atoms. The summed E-state index contributed by atoms with van der Waals surface area (Å²) in [5.41, 5.74) is 0. The number of hydrogen-bond acceptors (Lipinski definition) is 2. The molecule has 10 heavy (non-hydrogen) atoms. The van der Waals surface area contributed by atoms with Gasteiger partial charge in [0.2, 0.25) is 0 Å². The van der Waals surface area contributed by atoms with E-state index in [4.69, 9.17) is 5.11 Å². The lowest BCUT2D eigenvalue weighted by Crippen LogP contribution is -2.18. The van der Waals surface area contributed by atoms with Gasteiger partial charge in [0.25, 0.3) is 6.36 Å². The first kappa shape index (κ1) is 9.10. The molecule has 0 aromatic heterocycles. The minimum atomic E-state index is -2.21. The van der Waals surface area contributed by atoms with Crippen molar-refractivity contribution in [3.05, 3.63) is 12.2 Å². The van der Waals surface area contributed by atoms with E-state index in [1.54, 1.807) is 13.0 Å². The summed E-state index contributed by atoms with van der Waals surface area (Å²) in [5, 5.41) is 7.96. The zero-order valence-electron chi connectivity index (χ0n) is 5.58. The molecule has 0 radical (unpaired) electrons. The van der Waals surface area contributed by atoms with Crippen LogP contribution in [-0.4, -0.2) is 24.0 Å². The molecule has 0 aliphatic heterocycles. The Kier molecular flexibility index (Phi) is 4.49. The Bertz CT molecular complexity index is 133. The number of carboxylic acid groups (broad SMARTS) is 1. The molecule has 0 saturated carbocycles. The van der Waals surface area contributed by atoms with Crippen LogP contribution in [0.25, 0.3) is 0 Å². The molecule has 0 rings (SSSR count). The lowest BCUT2D eigenvalue weighted by atomic mass is 10.5. The highest BCUT2D eigenvalue weighted by atomic mass is 19.1. The summed E-state index contributed by atoms with van der Waals surface area (Å²) in [5.74, 6) is -1.59. The number of alkyl halides is 1. The molecule has 1 unspecified atom stereocenters. The second-order valence-electron chi connectivity index (χ2n) is 1.56. The Balaban J connectivity index is 3.39. The third-order valence-corrected chi connectivity index (χ3v) is 0.769. The summed E-state index contributed by atoms with van der Waals surface area (Å²) < 4.78 is 16.2. The normalized spacial score (nSPS) is 13.8. The highest BCUT2D eigenvalue weighted by molar-refractivity contribution is 5.70. The maximum atomic E-state index is 12.0. The van der Waals surface area contributed by atoms with Gasteiger partial charge in [0.15, 0.2) is 0 Å². The maximum absolute atomic E-state index is 12.0. The molecule has 1 atom stereocenters. The smallest absolute Gasteiger partial charge is 0.366 e. The summed E-state index contributed by atoms with van der Waals surface area (Å²) in [6.45, 7) is 1.72. The van der Waals surface area contributed by atoms with Crippen molar-refractivity contribution in [2.45, 2.75) is 13.3 Å². The van der Waals surface area contributed by atoms with Crippen LogP contribution in [0.3, 0.4) is 0 Å². The van der Waals surface area contributed by atoms with Crippen LogP contribution in [0.5, 0.6) is 0 Å². The number of allylic oxidation sites excluding steroid dienone is 1. The number of halogens is 1. The Labute approximate surface area is 58.1 Å². The molecule has 58 valence electrons. The lowest BCUT2D eigenvalue weighted by molar-refractivity contribution is -0.161. The minimum absolute atomic E-state index is 0.00995. The summed E-state index contributed by atoms with van der Waals surface area (Å²) in [6, 6.07) is 0. The van der Waals surface area contributed by atoms with E-state index in [1.165, 1.54) is 6.08 Å². The van der Waals surface area contributed by atoms with Gasteiger partial charge in [-0.25, -0.2) is 9.18 Å². The van der Waals surface area contributed by atoms with Crippen LogP contribution in [0, 0.1) is 0 Å². The van der Waals surface area contributed by atoms with E-state index in [-0.39, 0.29) is 6.61 Å². The van der Waals surface area contributed by atoms with Crippen LogP contribution < -0.4 is 0 Å². The van der Waals surface area contributed by atoms with Crippen molar-refractivity contribution in [3.8, 4) is 0 Å². The van der Waals surface area contributed by atoms with Gasteiger partial charge in [-0.05, 0) is 6.92 Å². The van der Waals surface area contributed by atoms with Crippen molar-refractivity contribution in [2.24, 2.45) is 0 Å². The van der Waals surface area contributed by atoms with Gasteiger partial charge < -0.3 is 9.84 Å². The summed E-state index contributed by atoms with van der Waals surface area (Å²) in [6.07, 6.45) is 0.959. The van der Waals surface area contributed by atoms with E-state index in [0.717, 1.165) is 0 Å². The molecule has 0 heterocycles.